The fourth-order valence-electron chi connectivity index (χ4n) is 5.13. The van der Waals surface area contributed by atoms with Gasteiger partial charge in [-0.1, -0.05) is 121 Å². The fourth-order valence-corrected chi connectivity index (χ4v) is 7.72. The predicted molar refractivity (Wildman–Crippen MR) is 311 cm³/mol. The molecule has 3 aromatic rings. The molecule has 0 spiro atoms. The highest BCUT2D eigenvalue weighted by Gasteiger charge is 2.28. The second kappa shape index (κ2) is 46.2. The molecule has 13 nitrogen and oxygen atoms in total. The van der Waals surface area contributed by atoms with Crippen molar-refractivity contribution in [2.75, 3.05) is 45.4 Å². The zero-order valence-electron chi connectivity index (χ0n) is 44.9. The van der Waals surface area contributed by atoms with Gasteiger partial charge in [0.15, 0.2) is 0 Å². The molecule has 3 atom stereocenters. The number of rotatable bonds is 19. The number of aliphatic hydroxyl groups excluding tert-OH is 1. The highest BCUT2D eigenvalue weighted by molar-refractivity contribution is 8.24. The van der Waals surface area contributed by atoms with Gasteiger partial charge < -0.3 is 39.2 Å². The summed E-state index contributed by atoms with van der Waals surface area (Å²) in [5, 5.41) is 5.50. The van der Waals surface area contributed by atoms with Crippen LogP contribution in [0.4, 0.5) is 0 Å². The molecule has 0 bridgehead atoms. The average molecular weight is 1220 g/mol. The van der Waals surface area contributed by atoms with Crippen LogP contribution in [0.25, 0.3) is 0 Å². The molecule has 420 valence electrons. The summed E-state index contributed by atoms with van der Waals surface area (Å²) in [7, 11) is 0. The summed E-state index contributed by atoms with van der Waals surface area (Å²) >= 11 is 30.3. The number of nitrogens with two attached hydrogens (primary N) is 1. The van der Waals surface area contributed by atoms with E-state index in [0.29, 0.717) is 0 Å². The summed E-state index contributed by atoms with van der Waals surface area (Å²) in [5.74, 6) is -1.32. The van der Waals surface area contributed by atoms with Crippen LogP contribution >= 0.6 is 97.8 Å². The van der Waals surface area contributed by atoms with Crippen LogP contribution in [0.5, 0.6) is 0 Å². The van der Waals surface area contributed by atoms with Crippen LogP contribution in [-0.4, -0.2) is 90.5 Å². The van der Waals surface area contributed by atoms with Crippen molar-refractivity contribution >= 4 is 110 Å². The number of hydrogen-bond acceptors (Lipinski definition) is 13. The normalized spacial score (nSPS) is 12.3. The predicted octanol–water partition coefficient (Wildman–Crippen LogP) is 16.3. The minimum atomic E-state index is -3.41. The van der Waals surface area contributed by atoms with Gasteiger partial charge in [-0.3, -0.25) is 23.3 Å². The van der Waals surface area contributed by atoms with Crippen molar-refractivity contribution < 1.29 is 46.9 Å². The molecule has 0 saturated heterocycles. The fraction of sp³-hybridized carbons (Fsp3) is 0.592. The summed E-state index contributed by atoms with van der Waals surface area (Å²) in [4.78, 5) is 27.1. The van der Waals surface area contributed by atoms with Crippen molar-refractivity contribution in [2.24, 2.45) is 11.7 Å². The molecular weight excluding hydrogens is 1130 g/mol. The number of carbonyl (C=O) groups is 2. The van der Waals surface area contributed by atoms with E-state index in [4.69, 9.17) is 63.1 Å². The Bertz CT molecular complexity index is 1960. The molecule has 0 amide bonds. The molecule has 3 rings (SSSR count). The van der Waals surface area contributed by atoms with Crippen LogP contribution in [0.15, 0.2) is 72.8 Å². The van der Waals surface area contributed by atoms with Crippen LogP contribution < -0.4 is 5.73 Å². The van der Waals surface area contributed by atoms with E-state index in [0.717, 1.165) is 33.4 Å². The Balaban J connectivity index is -0.000000256. The third-order valence-electron chi connectivity index (χ3n) is 9.39. The molecule has 1 unspecified atom stereocenters. The number of aliphatic hydroxyl groups is 1. The Morgan fingerprint density at radius 1 is 0.556 bits per heavy atom. The summed E-state index contributed by atoms with van der Waals surface area (Å²) in [6.45, 7) is 33.6. The molecule has 0 aliphatic rings. The molecule has 3 N–H and O–H groups in total. The molecular formula is C49H85Cl7N3O10P3. The van der Waals surface area contributed by atoms with Gasteiger partial charge in [0.1, 0.15) is 6.04 Å². The first kappa shape index (κ1) is 79.9. The number of halogens is 7. The topological polar surface area (TPSA) is 175 Å². The van der Waals surface area contributed by atoms with Gasteiger partial charge in [-0.2, -0.15) is 0 Å². The van der Waals surface area contributed by atoms with E-state index in [2.05, 4.69) is 85.1 Å². The van der Waals surface area contributed by atoms with E-state index in [9.17, 15) is 23.3 Å². The Kier molecular flexibility index (Phi) is 51.3. The van der Waals surface area contributed by atoms with Gasteiger partial charge in [0.05, 0.1) is 44.1 Å². The molecule has 0 aliphatic heterocycles. The van der Waals surface area contributed by atoms with Crippen LogP contribution in [-0.2, 0) is 61.6 Å². The summed E-state index contributed by atoms with van der Waals surface area (Å²) < 4.78 is 52.5. The Hall–Kier alpha value is -0.920. The van der Waals surface area contributed by atoms with Crippen LogP contribution in [0.1, 0.15) is 116 Å². The van der Waals surface area contributed by atoms with Gasteiger partial charge >= 0.3 is 23.2 Å². The summed E-state index contributed by atoms with van der Waals surface area (Å²) in [5.41, 5.74) is 11.3. The van der Waals surface area contributed by atoms with E-state index in [1.54, 1.807) is 41.5 Å². The molecule has 3 aromatic carbocycles. The molecule has 0 heterocycles. The number of benzene rings is 3. The number of hydrogen-bond donors (Lipinski definition) is 2. The largest absolute Gasteiger partial charge is 0.463 e. The third-order valence-corrected chi connectivity index (χ3v) is 12.6. The van der Waals surface area contributed by atoms with Gasteiger partial charge in [-0.25, -0.2) is 0 Å². The maximum atomic E-state index is 12.2. The van der Waals surface area contributed by atoms with E-state index in [1.807, 2.05) is 93.6 Å². The Morgan fingerprint density at radius 2 is 0.847 bits per heavy atom. The summed E-state index contributed by atoms with van der Waals surface area (Å²) in [6.07, 6.45) is -3.71. The van der Waals surface area contributed by atoms with E-state index < -0.39 is 35.9 Å². The molecule has 0 radical (unpaired) electrons. The first-order chi connectivity index (χ1) is 32.8. The minimum Gasteiger partial charge on any atom is -0.463 e. The number of nitrogens with zero attached hydrogens (tertiary/aromatic N) is 2. The van der Waals surface area contributed by atoms with Crippen LogP contribution in [0.3, 0.4) is 0 Å². The summed E-state index contributed by atoms with van der Waals surface area (Å²) in [6, 6.07) is 22.5. The second-order valence-corrected chi connectivity index (χ2v) is 30.2. The maximum Gasteiger partial charge on any atom is 0.380 e. The quantitative estimate of drug-likeness (QED) is 0.0858. The lowest BCUT2D eigenvalue weighted by molar-refractivity contribution is -0.151. The van der Waals surface area contributed by atoms with Crippen molar-refractivity contribution in [3.05, 3.63) is 106 Å². The Labute approximate surface area is 468 Å². The molecule has 0 fully saturated rings. The lowest BCUT2D eigenvalue weighted by Crippen LogP contribution is -2.30. The molecule has 72 heavy (non-hydrogen) atoms. The van der Waals surface area contributed by atoms with E-state index >= 15 is 0 Å². The standard InChI is InChI=1S/C15H22ClO4P.C8H9Cl2O2P.C8H10O.C6H13NO2.2C6H15N.Cl3OP.ClH/c1-11(2)20-15(17)13(4)10-21(16,18)19-9-14-8-6-5-7-12(14)3;1-7-4-2-3-5-8(7)6-12-13(9,10)11;1-7-4-2-3-5-8(7)6-9;1-4(2)9-6(8)5(3)7;2*1-4-7(5-2)6-3;1-5(2,3)4;/h5-8,11,13H,9-10H2,1-4H3;2-5H,6H2,1H3;2-5,9H,6H2,1H3;4-5H,7H2,1-3H3;2*4-6H2,1-3H3;;1H/t13-,21?;;;5-;;;;/m0..1..../s1. The van der Waals surface area contributed by atoms with E-state index in [-0.39, 0.29) is 56.6 Å². The zero-order valence-corrected chi connectivity index (χ0v) is 53.0. The first-order valence-corrected chi connectivity index (χ1v) is 34.0. The Morgan fingerprint density at radius 3 is 1.07 bits per heavy atom. The van der Waals surface area contributed by atoms with Crippen molar-refractivity contribution in [2.45, 2.75) is 142 Å². The van der Waals surface area contributed by atoms with Crippen molar-refractivity contribution in [1.29, 1.82) is 0 Å². The van der Waals surface area contributed by atoms with Crippen molar-refractivity contribution in [1.82, 2.24) is 9.80 Å². The monoisotopic (exact) mass is 1210 g/mol. The minimum absolute atomic E-state index is 0. The lowest BCUT2D eigenvalue weighted by atomic mass is 10.1. The van der Waals surface area contributed by atoms with Crippen molar-refractivity contribution in [3.8, 4) is 0 Å². The second-order valence-electron chi connectivity index (χ2n) is 16.0. The molecule has 23 heteroatoms. The molecule has 0 saturated carbocycles. The average Bonchev–Trinajstić information content (AvgIpc) is 3.27. The number of ether oxygens (including phenoxy) is 2. The maximum absolute atomic E-state index is 12.2. The molecule has 0 aliphatic carbocycles. The third kappa shape index (κ3) is 51.2. The van der Waals surface area contributed by atoms with E-state index in [1.165, 1.54) is 39.3 Å². The van der Waals surface area contributed by atoms with Crippen LogP contribution in [0, 0.1) is 26.7 Å². The highest BCUT2D eigenvalue weighted by Crippen LogP contribution is 2.61. The van der Waals surface area contributed by atoms with Gasteiger partial charge in [-0.05, 0) is 195 Å². The van der Waals surface area contributed by atoms with Gasteiger partial charge in [0, 0.05) is 0 Å². The van der Waals surface area contributed by atoms with Gasteiger partial charge in [0.25, 0.3) is 6.72 Å². The number of carbonyl (C=O) groups excluding carboxylic acids is 2. The zero-order chi connectivity index (χ0) is 56.0. The van der Waals surface area contributed by atoms with Gasteiger partial charge in [0.2, 0.25) is 0 Å². The SMILES string of the molecule is CC(C)OC(=O)[C@@H](C)N.CCN(CC)CC.CCN(CC)CC.Cc1ccccc1CO.Cc1ccccc1COP(=O)(Cl)C[C@H](C)C(=O)OC(C)C.Cc1ccccc1COP(=O)(Cl)Cl.Cl.O=P(Cl)(Cl)Cl. The van der Waals surface area contributed by atoms with Crippen molar-refractivity contribution in [3.63, 3.8) is 0 Å². The van der Waals surface area contributed by atoms with Crippen LogP contribution in [0.2, 0.25) is 0 Å². The lowest BCUT2D eigenvalue weighted by Gasteiger charge is -2.17. The highest BCUT2D eigenvalue weighted by atomic mass is 36.0. The smallest absolute Gasteiger partial charge is 0.380 e. The first-order valence-electron chi connectivity index (χ1n) is 23.4. The van der Waals surface area contributed by atoms with Gasteiger partial charge in [-0.15, -0.1) is 12.4 Å². The number of esters is 2. The number of aryl methyl sites for hydroxylation is 3. The molecule has 0 aromatic heterocycles.